The van der Waals surface area contributed by atoms with Gasteiger partial charge in [-0.05, 0) is 63.4 Å². The standard InChI is InChI=1S/C26H29N3O2S/c1-4-31-26(2,3)17-16-20-10-12-21(13-11-20)18-28-24(27-22-14-15-22)32-19-29(25(28)30)23-8-6-5-7-9-23/h5-13,22H,4,14-15,18-19H2,1-3H3. The third kappa shape index (κ3) is 5.73. The minimum Gasteiger partial charge on any atom is -0.363 e. The van der Waals surface area contributed by atoms with Gasteiger partial charge in [0.1, 0.15) is 5.60 Å². The fourth-order valence-electron chi connectivity index (χ4n) is 3.37. The van der Waals surface area contributed by atoms with Crippen LogP contribution in [-0.2, 0) is 11.3 Å². The number of amides is 2. The molecule has 2 fully saturated rings. The van der Waals surface area contributed by atoms with Crippen LogP contribution in [0.5, 0.6) is 0 Å². The summed E-state index contributed by atoms with van der Waals surface area (Å²) < 4.78 is 5.64. The SMILES string of the molecule is CCOC(C)(C)C#Cc1ccc(CN2C(=O)N(c3ccccc3)CSC2=NC2CC2)cc1. The Kier molecular flexibility index (Phi) is 6.88. The van der Waals surface area contributed by atoms with Crippen molar-refractivity contribution in [3.8, 4) is 11.8 Å². The van der Waals surface area contributed by atoms with Gasteiger partial charge in [-0.15, -0.1) is 0 Å². The molecule has 0 radical (unpaired) electrons. The molecule has 1 saturated heterocycles. The summed E-state index contributed by atoms with van der Waals surface area (Å²) in [5.41, 5.74) is 2.41. The molecule has 4 rings (SSSR count). The van der Waals surface area contributed by atoms with E-state index in [0.29, 0.717) is 25.1 Å². The van der Waals surface area contributed by atoms with Crippen molar-refractivity contribution in [1.29, 1.82) is 0 Å². The predicted molar refractivity (Wildman–Crippen MR) is 132 cm³/mol. The van der Waals surface area contributed by atoms with Gasteiger partial charge < -0.3 is 4.74 Å². The van der Waals surface area contributed by atoms with Crippen molar-refractivity contribution in [3.63, 3.8) is 0 Å². The van der Waals surface area contributed by atoms with Gasteiger partial charge in [-0.2, -0.15) is 0 Å². The molecule has 2 amide bonds. The molecule has 1 saturated carbocycles. The molecule has 0 N–H and O–H groups in total. The van der Waals surface area contributed by atoms with Crippen molar-refractivity contribution in [2.24, 2.45) is 4.99 Å². The number of para-hydroxylation sites is 1. The highest BCUT2D eigenvalue weighted by Crippen LogP contribution is 2.31. The second-order valence-electron chi connectivity index (χ2n) is 8.44. The highest BCUT2D eigenvalue weighted by molar-refractivity contribution is 8.14. The molecular formula is C26H29N3O2S. The lowest BCUT2D eigenvalue weighted by Crippen LogP contribution is -2.49. The Morgan fingerprint density at radius 3 is 2.50 bits per heavy atom. The molecule has 2 aromatic carbocycles. The molecular weight excluding hydrogens is 418 g/mol. The normalized spacial score (nSPS) is 18.0. The summed E-state index contributed by atoms with van der Waals surface area (Å²) in [6, 6.07) is 18.2. The van der Waals surface area contributed by atoms with E-state index in [1.807, 2.05) is 80.3 Å². The Balaban J connectivity index is 1.52. The summed E-state index contributed by atoms with van der Waals surface area (Å²) in [4.78, 5) is 21.8. The van der Waals surface area contributed by atoms with E-state index < -0.39 is 5.60 Å². The molecule has 0 aromatic heterocycles. The number of benzene rings is 2. The maximum absolute atomic E-state index is 13.4. The van der Waals surface area contributed by atoms with Gasteiger partial charge in [0.25, 0.3) is 0 Å². The summed E-state index contributed by atoms with van der Waals surface area (Å²) in [5.74, 6) is 6.95. The maximum Gasteiger partial charge on any atom is 0.331 e. The molecule has 1 aliphatic heterocycles. The van der Waals surface area contributed by atoms with Gasteiger partial charge in [0.2, 0.25) is 0 Å². The third-order valence-corrected chi connectivity index (χ3v) is 6.20. The molecule has 166 valence electrons. The van der Waals surface area contributed by atoms with Crippen LogP contribution in [0.2, 0.25) is 0 Å². The lowest BCUT2D eigenvalue weighted by molar-refractivity contribution is 0.0362. The number of thioether (sulfide) groups is 1. The van der Waals surface area contributed by atoms with Crippen molar-refractivity contribution in [2.45, 2.75) is 51.8 Å². The number of urea groups is 1. The highest BCUT2D eigenvalue weighted by atomic mass is 32.2. The summed E-state index contributed by atoms with van der Waals surface area (Å²) in [5, 5.41) is 0.826. The molecule has 2 aromatic rings. The minimum atomic E-state index is -0.472. The first-order chi connectivity index (χ1) is 15.4. The first kappa shape index (κ1) is 22.4. The Labute approximate surface area is 194 Å². The van der Waals surface area contributed by atoms with E-state index in [0.717, 1.165) is 34.8 Å². The van der Waals surface area contributed by atoms with Crippen LogP contribution in [0.3, 0.4) is 0 Å². The van der Waals surface area contributed by atoms with Crippen LogP contribution in [0, 0.1) is 11.8 Å². The number of rotatable bonds is 6. The number of carbonyl (C=O) groups excluding carboxylic acids is 1. The molecule has 1 heterocycles. The molecule has 0 bridgehead atoms. The Morgan fingerprint density at radius 2 is 1.84 bits per heavy atom. The van der Waals surface area contributed by atoms with Crippen LogP contribution < -0.4 is 4.90 Å². The number of hydrogen-bond acceptors (Lipinski definition) is 4. The topological polar surface area (TPSA) is 45.1 Å². The van der Waals surface area contributed by atoms with Crippen LogP contribution in [0.1, 0.15) is 44.7 Å². The lowest BCUT2D eigenvalue weighted by Gasteiger charge is -2.36. The first-order valence-electron chi connectivity index (χ1n) is 11.1. The highest BCUT2D eigenvalue weighted by Gasteiger charge is 2.34. The molecule has 0 spiro atoms. The number of amidine groups is 1. The summed E-state index contributed by atoms with van der Waals surface area (Å²) in [6.07, 6.45) is 2.22. The van der Waals surface area contributed by atoms with E-state index in [-0.39, 0.29) is 6.03 Å². The van der Waals surface area contributed by atoms with E-state index >= 15 is 0 Å². The van der Waals surface area contributed by atoms with E-state index in [2.05, 4.69) is 11.8 Å². The van der Waals surface area contributed by atoms with Gasteiger partial charge in [-0.25, -0.2) is 4.79 Å². The smallest absolute Gasteiger partial charge is 0.331 e. The number of aliphatic imine (C=N–C) groups is 1. The molecule has 6 heteroatoms. The van der Waals surface area contributed by atoms with Crippen molar-refractivity contribution in [1.82, 2.24) is 4.90 Å². The fraction of sp³-hybridized carbons (Fsp3) is 0.385. The van der Waals surface area contributed by atoms with Crippen molar-refractivity contribution in [2.75, 3.05) is 17.4 Å². The number of hydrogen-bond donors (Lipinski definition) is 0. The fourth-order valence-corrected chi connectivity index (χ4v) is 4.40. The molecule has 5 nitrogen and oxygen atoms in total. The van der Waals surface area contributed by atoms with E-state index in [4.69, 9.17) is 9.73 Å². The maximum atomic E-state index is 13.4. The zero-order chi connectivity index (χ0) is 22.6. The summed E-state index contributed by atoms with van der Waals surface area (Å²) >= 11 is 1.63. The zero-order valence-corrected chi connectivity index (χ0v) is 19.7. The van der Waals surface area contributed by atoms with Gasteiger partial charge >= 0.3 is 6.03 Å². The average molecular weight is 448 g/mol. The average Bonchev–Trinajstić information content (AvgIpc) is 3.60. The van der Waals surface area contributed by atoms with Crippen LogP contribution in [0.15, 0.2) is 59.6 Å². The Morgan fingerprint density at radius 1 is 1.12 bits per heavy atom. The van der Waals surface area contributed by atoms with Crippen LogP contribution in [-0.4, -0.2) is 40.2 Å². The summed E-state index contributed by atoms with van der Waals surface area (Å²) in [7, 11) is 0. The largest absolute Gasteiger partial charge is 0.363 e. The summed E-state index contributed by atoms with van der Waals surface area (Å²) in [6.45, 7) is 7.03. The van der Waals surface area contributed by atoms with E-state index in [1.54, 1.807) is 16.7 Å². The van der Waals surface area contributed by atoms with Gasteiger partial charge in [0.15, 0.2) is 5.17 Å². The second-order valence-corrected chi connectivity index (χ2v) is 9.35. The van der Waals surface area contributed by atoms with Gasteiger partial charge in [0.05, 0.1) is 18.5 Å². The van der Waals surface area contributed by atoms with Crippen molar-refractivity contribution in [3.05, 3.63) is 65.7 Å². The number of carbonyl (C=O) groups is 1. The zero-order valence-electron chi connectivity index (χ0n) is 18.9. The van der Waals surface area contributed by atoms with Crippen molar-refractivity contribution < 1.29 is 9.53 Å². The van der Waals surface area contributed by atoms with Crippen LogP contribution in [0.25, 0.3) is 0 Å². The molecule has 2 aliphatic rings. The van der Waals surface area contributed by atoms with Crippen LogP contribution >= 0.6 is 11.8 Å². The Hall–Kier alpha value is -2.75. The van der Waals surface area contributed by atoms with E-state index in [1.165, 1.54) is 0 Å². The van der Waals surface area contributed by atoms with Gasteiger partial charge in [0, 0.05) is 17.9 Å². The third-order valence-electron chi connectivity index (χ3n) is 5.23. The quantitative estimate of drug-likeness (QED) is 0.549. The first-order valence-corrected chi connectivity index (χ1v) is 12.0. The van der Waals surface area contributed by atoms with Crippen LogP contribution in [0.4, 0.5) is 10.5 Å². The number of ether oxygens (including phenoxy) is 1. The molecule has 0 atom stereocenters. The predicted octanol–water partition coefficient (Wildman–Crippen LogP) is 5.50. The minimum absolute atomic E-state index is 0.0308. The van der Waals surface area contributed by atoms with E-state index in [9.17, 15) is 4.79 Å². The number of nitrogens with zero attached hydrogens (tertiary/aromatic N) is 3. The van der Waals surface area contributed by atoms with Gasteiger partial charge in [-0.1, -0.05) is 53.9 Å². The lowest BCUT2D eigenvalue weighted by atomic mass is 10.1. The van der Waals surface area contributed by atoms with Crippen molar-refractivity contribution >= 4 is 28.6 Å². The number of anilines is 1. The van der Waals surface area contributed by atoms with Gasteiger partial charge in [-0.3, -0.25) is 14.8 Å². The molecule has 32 heavy (non-hydrogen) atoms. The molecule has 0 unspecified atom stereocenters. The Bertz CT molecular complexity index is 1030. The molecule has 1 aliphatic carbocycles. The second kappa shape index (κ2) is 9.81. The monoisotopic (exact) mass is 447 g/mol.